The SMILES string of the molecule is CCOC(=O)CN1Cc2ccccc2C1=O. The molecule has 4 nitrogen and oxygen atoms in total. The normalized spacial score (nSPS) is 13.8. The van der Waals surface area contributed by atoms with Crippen LogP contribution in [0.2, 0.25) is 0 Å². The summed E-state index contributed by atoms with van der Waals surface area (Å²) in [5.41, 5.74) is 1.66. The highest BCUT2D eigenvalue weighted by atomic mass is 16.5. The third kappa shape index (κ3) is 1.91. The number of hydrogen-bond acceptors (Lipinski definition) is 3. The summed E-state index contributed by atoms with van der Waals surface area (Å²) in [5.74, 6) is -0.452. The van der Waals surface area contributed by atoms with Gasteiger partial charge in [-0.05, 0) is 18.6 Å². The molecule has 0 spiro atoms. The van der Waals surface area contributed by atoms with Crippen LogP contribution in [-0.2, 0) is 16.1 Å². The highest BCUT2D eigenvalue weighted by molar-refractivity contribution is 5.99. The van der Waals surface area contributed by atoms with E-state index < -0.39 is 0 Å². The lowest BCUT2D eigenvalue weighted by atomic mass is 10.1. The molecular formula is C12H13NO3. The van der Waals surface area contributed by atoms with Gasteiger partial charge in [-0.3, -0.25) is 9.59 Å². The number of hydrogen-bond donors (Lipinski definition) is 0. The van der Waals surface area contributed by atoms with Gasteiger partial charge in [0, 0.05) is 12.1 Å². The lowest BCUT2D eigenvalue weighted by molar-refractivity contribution is -0.143. The van der Waals surface area contributed by atoms with Crippen molar-refractivity contribution >= 4 is 11.9 Å². The molecular weight excluding hydrogens is 206 g/mol. The van der Waals surface area contributed by atoms with Crippen molar-refractivity contribution in [1.82, 2.24) is 4.90 Å². The Morgan fingerprint density at radius 3 is 2.88 bits per heavy atom. The van der Waals surface area contributed by atoms with Crippen molar-refractivity contribution in [3.63, 3.8) is 0 Å². The van der Waals surface area contributed by atoms with Crippen LogP contribution in [-0.4, -0.2) is 29.9 Å². The molecule has 0 saturated carbocycles. The van der Waals surface area contributed by atoms with Crippen molar-refractivity contribution in [3.8, 4) is 0 Å². The minimum absolute atomic E-state index is 0.0291. The summed E-state index contributed by atoms with van der Waals surface area (Å²) in [4.78, 5) is 24.6. The Balaban J connectivity index is 2.07. The summed E-state index contributed by atoms with van der Waals surface area (Å²) < 4.78 is 4.82. The van der Waals surface area contributed by atoms with E-state index in [1.165, 1.54) is 4.90 Å². The second kappa shape index (κ2) is 4.35. The Morgan fingerprint density at radius 2 is 2.19 bits per heavy atom. The molecule has 0 atom stereocenters. The topological polar surface area (TPSA) is 46.6 Å². The van der Waals surface area contributed by atoms with E-state index in [1.807, 2.05) is 18.2 Å². The molecule has 0 bridgehead atoms. The smallest absolute Gasteiger partial charge is 0.325 e. The zero-order chi connectivity index (χ0) is 11.5. The zero-order valence-corrected chi connectivity index (χ0v) is 9.10. The van der Waals surface area contributed by atoms with Crippen molar-refractivity contribution < 1.29 is 14.3 Å². The molecule has 0 unspecified atom stereocenters. The first-order valence-electron chi connectivity index (χ1n) is 5.25. The molecule has 1 aliphatic heterocycles. The first-order valence-corrected chi connectivity index (χ1v) is 5.25. The van der Waals surface area contributed by atoms with Crippen molar-refractivity contribution in [2.75, 3.05) is 13.2 Å². The predicted octanol–water partition coefficient (Wildman–Crippen LogP) is 1.21. The fourth-order valence-electron chi connectivity index (χ4n) is 1.80. The molecule has 2 rings (SSSR count). The fraction of sp³-hybridized carbons (Fsp3) is 0.333. The van der Waals surface area contributed by atoms with Gasteiger partial charge in [0.25, 0.3) is 5.91 Å². The first kappa shape index (κ1) is 10.7. The number of carbonyl (C=O) groups is 2. The molecule has 0 aromatic heterocycles. The molecule has 16 heavy (non-hydrogen) atoms. The second-order valence-corrected chi connectivity index (χ2v) is 3.62. The van der Waals surface area contributed by atoms with Crippen LogP contribution in [0.5, 0.6) is 0 Å². The Morgan fingerprint density at radius 1 is 1.44 bits per heavy atom. The summed E-state index contributed by atoms with van der Waals surface area (Å²) in [6, 6.07) is 7.39. The lowest BCUT2D eigenvalue weighted by Gasteiger charge is -2.13. The van der Waals surface area contributed by atoms with Gasteiger partial charge in [-0.1, -0.05) is 18.2 Å². The monoisotopic (exact) mass is 219 g/mol. The van der Waals surface area contributed by atoms with Crippen molar-refractivity contribution in [1.29, 1.82) is 0 Å². The molecule has 0 aliphatic carbocycles. The van der Waals surface area contributed by atoms with Crippen LogP contribution in [0.4, 0.5) is 0 Å². The highest BCUT2D eigenvalue weighted by Crippen LogP contribution is 2.21. The van der Waals surface area contributed by atoms with Gasteiger partial charge in [0.05, 0.1) is 6.61 Å². The third-order valence-electron chi connectivity index (χ3n) is 2.52. The lowest BCUT2D eigenvalue weighted by Crippen LogP contribution is -2.31. The second-order valence-electron chi connectivity index (χ2n) is 3.62. The van der Waals surface area contributed by atoms with Crippen LogP contribution in [0.3, 0.4) is 0 Å². The largest absolute Gasteiger partial charge is 0.465 e. The van der Waals surface area contributed by atoms with E-state index in [0.717, 1.165) is 5.56 Å². The summed E-state index contributed by atoms with van der Waals surface area (Å²) >= 11 is 0. The first-order chi connectivity index (χ1) is 7.72. The zero-order valence-electron chi connectivity index (χ0n) is 9.10. The molecule has 0 N–H and O–H groups in total. The predicted molar refractivity (Wildman–Crippen MR) is 57.8 cm³/mol. The number of ether oxygens (including phenoxy) is 1. The van der Waals surface area contributed by atoms with E-state index >= 15 is 0 Å². The minimum atomic E-state index is -0.358. The molecule has 0 radical (unpaired) electrons. The van der Waals surface area contributed by atoms with Gasteiger partial charge >= 0.3 is 5.97 Å². The van der Waals surface area contributed by atoms with E-state index in [-0.39, 0.29) is 18.4 Å². The number of esters is 1. The fourth-order valence-corrected chi connectivity index (χ4v) is 1.80. The van der Waals surface area contributed by atoms with Gasteiger partial charge in [0.1, 0.15) is 6.54 Å². The van der Waals surface area contributed by atoms with Crippen molar-refractivity contribution in [3.05, 3.63) is 35.4 Å². The number of rotatable bonds is 3. The Bertz CT molecular complexity index is 428. The van der Waals surface area contributed by atoms with Gasteiger partial charge in [-0.2, -0.15) is 0 Å². The number of nitrogens with zero attached hydrogens (tertiary/aromatic N) is 1. The Kier molecular flexibility index (Phi) is 2.90. The number of carbonyl (C=O) groups excluding carboxylic acids is 2. The van der Waals surface area contributed by atoms with Crippen LogP contribution >= 0.6 is 0 Å². The molecule has 1 aliphatic rings. The summed E-state index contributed by atoms with van der Waals surface area (Å²) in [7, 11) is 0. The van der Waals surface area contributed by atoms with E-state index in [4.69, 9.17) is 4.74 Å². The molecule has 84 valence electrons. The number of fused-ring (bicyclic) bond motifs is 1. The Hall–Kier alpha value is -1.84. The molecule has 4 heteroatoms. The van der Waals surface area contributed by atoms with E-state index in [0.29, 0.717) is 18.7 Å². The maximum atomic E-state index is 11.9. The maximum absolute atomic E-state index is 11.9. The average molecular weight is 219 g/mol. The van der Waals surface area contributed by atoms with Crippen LogP contribution in [0.25, 0.3) is 0 Å². The average Bonchev–Trinajstić information content (AvgIpc) is 2.57. The van der Waals surface area contributed by atoms with Crippen LogP contribution in [0, 0.1) is 0 Å². The van der Waals surface area contributed by atoms with E-state index in [9.17, 15) is 9.59 Å². The Labute approximate surface area is 93.8 Å². The molecule has 0 saturated heterocycles. The highest BCUT2D eigenvalue weighted by Gasteiger charge is 2.28. The maximum Gasteiger partial charge on any atom is 0.325 e. The van der Waals surface area contributed by atoms with E-state index in [2.05, 4.69) is 0 Å². The van der Waals surface area contributed by atoms with Crippen LogP contribution in [0.15, 0.2) is 24.3 Å². The molecule has 1 aromatic carbocycles. The van der Waals surface area contributed by atoms with Gasteiger partial charge in [-0.15, -0.1) is 0 Å². The third-order valence-corrected chi connectivity index (χ3v) is 2.52. The van der Waals surface area contributed by atoms with Gasteiger partial charge in [0.15, 0.2) is 0 Å². The molecule has 1 amide bonds. The molecule has 1 aromatic rings. The van der Waals surface area contributed by atoms with Crippen molar-refractivity contribution in [2.24, 2.45) is 0 Å². The number of amides is 1. The van der Waals surface area contributed by atoms with E-state index in [1.54, 1.807) is 13.0 Å². The summed E-state index contributed by atoms with van der Waals surface area (Å²) in [6.07, 6.45) is 0. The van der Waals surface area contributed by atoms with Gasteiger partial charge < -0.3 is 9.64 Å². The van der Waals surface area contributed by atoms with Crippen molar-refractivity contribution in [2.45, 2.75) is 13.5 Å². The van der Waals surface area contributed by atoms with Gasteiger partial charge in [-0.25, -0.2) is 0 Å². The summed E-state index contributed by atoms with van der Waals surface area (Å²) in [5, 5.41) is 0. The van der Waals surface area contributed by atoms with Crippen LogP contribution < -0.4 is 0 Å². The standard InChI is InChI=1S/C12H13NO3/c1-2-16-11(14)8-13-7-9-5-3-4-6-10(9)12(13)15/h3-6H,2,7-8H2,1H3. The minimum Gasteiger partial charge on any atom is -0.465 e. The quantitative estimate of drug-likeness (QED) is 0.718. The van der Waals surface area contributed by atoms with Gasteiger partial charge in [0.2, 0.25) is 0 Å². The molecule has 1 heterocycles. The number of benzene rings is 1. The van der Waals surface area contributed by atoms with Crippen LogP contribution in [0.1, 0.15) is 22.8 Å². The molecule has 0 fully saturated rings. The summed E-state index contributed by atoms with van der Waals surface area (Å²) in [6.45, 7) is 2.61.